The molecule has 0 fully saturated rings. The lowest BCUT2D eigenvalue weighted by Gasteiger charge is -2.29. The molecular formula is C16H19NO3. The fourth-order valence-corrected chi connectivity index (χ4v) is 2.26. The average Bonchev–Trinajstić information content (AvgIpc) is 2.46. The molecule has 0 aliphatic carbocycles. The van der Waals surface area contributed by atoms with E-state index in [-0.39, 0.29) is 18.4 Å². The summed E-state index contributed by atoms with van der Waals surface area (Å²) in [6.07, 6.45) is 4.70. The van der Waals surface area contributed by atoms with Gasteiger partial charge in [-0.3, -0.25) is 9.69 Å². The number of nitrogens with zero attached hydrogens (tertiary/aromatic N) is 1. The first kappa shape index (κ1) is 14.3. The predicted octanol–water partition coefficient (Wildman–Crippen LogP) is 3.28. The van der Waals surface area contributed by atoms with E-state index in [1.165, 1.54) is 11.0 Å². The Labute approximate surface area is 119 Å². The molecule has 1 aromatic carbocycles. The van der Waals surface area contributed by atoms with Crippen LogP contribution in [0.15, 0.2) is 42.6 Å². The summed E-state index contributed by atoms with van der Waals surface area (Å²) in [5, 5.41) is 0. The first-order valence-electron chi connectivity index (χ1n) is 6.90. The topological polar surface area (TPSA) is 46.6 Å². The van der Waals surface area contributed by atoms with Crippen LogP contribution < -0.4 is 0 Å². The van der Waals surface area contributed by atoms with Gasteiger partial charge in [-0.15, -0.1) is 0 Å². The first-order chi connectivity index (χ1) is 9.70. The number of ether oxygens (including phenoxy) is 1. The van der Waals surface area contributed by atoms with Crippen molar-refractivity contribution in [2.75, 3.05) is 0 Å². The van der Waals surface area contributed by atoms with E-state index in [9.17, 15) is 9.59 Å². The normalized spacial score (nSPS) is 18.1. The third-order valence-corrected chi connectivity index (χ3v) is 3.29. The number of rotatable bonds is 4. The molecular weight excluding hydrogens is 254 g/mol. The van der Waals surface area contributed by atoms with Crippen molar-refractivity contribution in [1.82, 2.24) is 4.90 Å². The van der Waals surface area contributed by atoms with Gasteiger partial charge in [0, 0.05) is 18.7 Å². The number of hydrogen-bond acceptors (Lipinski definition) is 3. The SMILES string of the molecule is CCC[C@H]1CC(=O)C=CN1C(=O)OCc1ccccc1. The van der Waals surface area contributed by atoms with E-state index < -0.39 is 6.09 Å². The van der Waals surface area contributed by atoms with E-state index in [1.807, 2.05) is 37.3 Å². The van der Waals surface area contributed by atoms with Gasteiger partial charge in [0.1, 0.15) is 6.61 Å². The summed E-state index contributed by atoms with van der Waals surface area (Å²) in [6.45, 7) is 2.28. The summed E-state index contributed by atoms with van der Waals surface area (Å²) >= 11 is 0. The maximum atomic E-state index is 12.1. The number of carbonyl (C=O) groups is 2. The van der Waals surface area contributed by atoms with E-state index >= 15 is 0 Å². The highest BCUT2D eigenvalue weighted by molar-refractivity contribution is 5.92. The largest absolute Gasteiger partial charge is 0.444 e. The van der Waals surface area contributed by atoms with Gasteiger partial charge in [-0.2, -0.15) is 0 Å². The summed E-state index contributed by atoms with van der Waals surface area (Å²) in [4.78, 5) is 25.1. The predicted molar refractivity (Wildman–Crippen MR) is 75.9 cm³/mol. The Balaban J connectivity index is 1.96. The smallest absolute Gasteiger partial charge is 0.414 e. The third kappa shape index (κ3) is 3.70. The van der Waals surface area contributed by atoms with Gasteiger partial charge in [-0.1, -0.05) is 43.7 Å². The number of benzene rings is 1. The average molecular weight is 273 g/mol. The molecule has 4 nitrogen and oxygen atoms in total. The minimum atomic E-state index is -0.393. The van der Waals surface area contributed by atoms with Gasteiger partial charge >= 0.3 is 6.09 Å². The molecule has 2 rings (SSSR count). The van der Waals surface area contributed by atoms with Crippen molar-refractivity contribution in [1.29, 1.82) is 0 Å². The summed E-state index contributed by atoms with van der Waals surface area (Å²) in [5.41, 5.74) is 0.949. The summed E-state index contributed by atoms with van der Waals surface area (Å²) < 4.78 is 5.30. The molecule has 0 N–H and O–H groups in total. The Bertz CT molecular complexity index is 496. The van der Waals surface area contributed by atoms with Crippen molar-refractivity contribution in [3.05, 3.63) is 48.2 Å². The number of amides is 1. The molecule has 0 spiro atoms. The van der Waals surface area contributed by atoms with E-state index in [4.69, 9.17) is 4.74 Å². The first-order valence-corrected chi connectivity index (χ1v) is 6.90. The van der Waals surface area contributed by atoms with Crippen LogP contribution in [0, 0.1) is 0 Å². The molecule has 0 saturated heterocycles. The van der Waals surface area contributed by atoms with Gasteiger partial charge in [-0.25, -0.2) is 4.79 Å². The second-order valence-electron chi connectivity index (χ2n) is 4.88. The molecule has 20 heavy (non-hydrogen) atoms. The van der Waals surface area contributed by atoms with Gasteiger partial charge < -0.3 is 4.74 Å². The molecule has 1 aromatic rings. The van der Waals surface area contributed by atoms with Crippen molar-refractivity contribution in [3.8, 4) is 0 Å². The fraction of sp³-hybridized carbons (Fsp3) is 0.375. The van der Waals surface area contributed by atoms with Crippen LogP contribution in [0.5, 0.6) is 0 Å². The van der Waals surface area contributed by atoms with Crippen molar-refractivity contribution in [2.24, 2.45) is 0 Å². The highest BCUT2D eigenvalue weighted by Crippen LogP contribution is 2.18. The quantitative estimate of drug-likeness (QED) is 0.845. The van der Waals surface area contributed by atoms with Crippen LogP contribution in [0.3, 0.4) is 0 Å². The molecule has 0 aromatic heterocycles. The summed E-state index contributed by atoms with van der Waals surface area (Å²) in [7, 11) is 0. The van der Waals surface area contributed by atoms with E-state index in [0.717, 1.165) is 18.4 Å². The number of ketones is 1. The Morgan fingerprint density at radius 1 is 1.35 bits per heavy atom. The van der Waals surface area contributed by atoms with Gasteiger partial charge in [-0.05, 0) is 18.1 Å². The maximum absolute atomic E-state index is 12.1. The van der Waals surface area contributed by atoms with Gasteiger partial charge in [0.15, 0.2) is 5.78 Å². The Kier molecular flexibility index (Phi) is 4.93. The van der Waals surface area contributed by atoms with Crippen LogP contribution in [0.25, 0.3) is 0 Å². The Morgan fingerprint density at radius 3 is 2.80 bits per heavy atom. The molecule has 0 saturated carbocycles. The lowest BCUT2D eigenvalue weighted by molar-refractivity contribution is -0.116. The van der Waals surface area contributed by atoms with Crippen molar-refractivity contribution in [3.63, 3.8) is 0 Å². The molecule has 106 valence electrons. The van der Waals surface area contributed by atoms with Crippen LogP contribution in [0.4, 0.5) is 4.79 Å². The molecule has 4 heteroatoms. The van der Waals surface area contributed by atoms with Gasteiger partial charge in [0.05, 0.1) is 0 Å². The maximum Gasteiger partial charge on any atom is 0.414 e. The van der Waals surface area contributed by atoms with Gasteiger partial charge in [0.25, 0.3) is 0 Å². The highest BCUT2D eigenvalue weighted by atomic mass is 16.6. The van der Waals surface area contributed by atoms with Crippen LogP contribution in [-0.2, 0) is 16.1 Å². The lowest BCUT2D eigenvalue weighted by atomic mass is 10.0. The van der Waals surface area contributed by atoms with E-state index in [1.54, 1.807) is 6.20 Å². The molecule has 1 aliphatic heterocycles. The van der Waals surface area contributed by atoms with Crippen LogP contribution in [0.2, 0.25) is 0 Å². The summed E-state index contributed by atoms with van der Waals surface area (Å²) in [6, 6.07) is 9.46. The number of allylic oxidation sites excluding steroid dienone is 1. The zero-order valence-electron chi connectivity index (χ0n) is 11.6. The van der Waals surface area contributed by atoms with Crippen LogP contribution >= 0.6 is 0 Å². The minimum Gasteiger partial charge on any atom is -0.444 e. The lowest BCUT2D eigenvalue weighted by Crippen LogP contribution is -2.40. The second-order valence-corrected chi connectivity index (χ2v) is 4.88. The van der Waals surface area contributed by atoms with Crippen LogP contribution in [-0.4, -0.2) is 22.8 Å². The molecule has 1 atom stereocenters. The van der Waals surface area contributed by atoms with E-state index in [2.05, 4.69) is 0 Å². The monoisotopic (exact) mass is 273 g/mol. The molecule has 0 unspecified atom stereocenters. The number of carbonyl (C=O) groups excluding carboxylic acids is 2. The fourth-order valence-electron chi connectivity index (χ4n) is 2.26. The molecule has 1 heterocycles. The minimum absolute atomic E-state index is 0.0653. The zero-order valence-corrected chi connectivity index (χ0v) is 11.6. The zero-order chi connectivity index (χ0) is 14.4. The Morgan fingerprint density at radius 2 is 2.10 bits per heavy atom. The summed E-state index contributed by atoms with van der Waals surface area (Å²) in [5.74, 6) is 0.0653. The molecule has 0 radical (unpaired) electrons. The third-order valence-electron chi connectivity index (χ3n) is 3.29. The standard InChI is InChI=1S/C16H19NO3/c1-2-6-14-11-15(18)9-10-17(14)16(19)20-12-13-7-4-3-5-8-13/h3-5,7-10,14H,2,6,11-12H2,1H3/t14-/m0/s1. The van der Waals surface area contributed by atoms with Gasteiger partial charge in [0.2, 0.25) is 0 Å². The van der Waals surface area contributed by atoms with Crippen LogP contribution in [0.1, 0.15) is 31.7 Å². The van der Waals surface area contributed by atoms with Crippen molar-refractivity contribution in [2.45, 2.75) is 38.8 Å². The molecule has 0 bridgehead atoms. The second kappa shape index (κ2) is 6.89. The van der Waals surface area contributed by atoms with E-state index in [0.29, 0.717) is 6.42 Å². The van der Waals surface area contributed by atoms with Crippen molar-refractivity contribution < 1.29 is 14.3 Å². The number of hydrogen-bond donors (Lipinski definition) is 0. The molecule has 1 amide bonds. The van der Waals surface area contributed by atoms with Crippen molar-refractivity contribution >= 4 is 11.9 Å². The Hall–Kier alpha value is -2.10. The molecule has 1 aliphatic rings. The highest BCUT2D eigenvalue weighted by Gasteiger charge is 2.27.